The monoisotopic (exact) mass is 389 g/mol. The molecular weight excluding hydrogens is 358 g/mol. The van der Waals surface area contributed by atoms with Gasteiger partial charge in [-0.1, -0.05) is 50.5 Å². The summed E-state index contributed by atoms with van der Waals surface area (Å²) in [7, 11) is 0. The van der Waals surface area contributed by atoms with Crippen molar-refractivity contribution in [3.8, 4) is 0 Å². The molecule has 3 unspecified atom stereocenters. The van der Waals surface area contributed by atoms with Crippen LogP contribution >= 0.6 is 0 Å². The van der Waals surface area contributed by atoms with Crippen molar-refractivity contribution in [3.05, 3.63) is 78.1 Å². The van der Waals surface area contributed by atoms with Crippen LogP contribution in [0.3, 0.4) is 0 Å². The summed E-state index contributed by atoms with van der Waals surface area (Å²) in [5.74, 6) is -0.136. The smallest absolute Gasteiger partial charge is 0.257 e. The lowest BCUT2D eigenvalue weighted by Gasteiger charge is -2.21. The van der Waals surface area contributed by atoms with E-state index in [-0.39, 0.29) is 5.91 Å². The first-order valence-corrected chi connectivity index (χ1v) is 10.3. The van der Waals surface area contributed by atoms with Gasteiger partial charge in [-0.05, 0) is 56.0 Å². The topological polar surface area (TPSA) is 44.1 Å². The van der Waals surface area contributed by atoms with Crippen LogP contribution in [0.4, 0.5) is 11.4 Å². The van der Waals surface area contributed by atoms with Crippen molar-refractivity contribution in [2.24, 2.45) is 0 Å². The third kappa shape index (κ3) is 4.07. The number of rotatable bonds is 8. The summed E-state index contributed by atoms with van der Waals surface area (Å²) in [6.07, 6.45) is 10.6. The molecule has 1 aromatic rings. The first kappa shape index (κ1) is 20.7. The fourth-order valence-corrected chi connectivity index (χ4v) is 3.81. The summed E-state index contributed by atoms with van der Waals surface area (Å²) in [4.78, 5) is 15.4. The number of fused-ring (bicyclic) bond motifs is 1. The second-order valence-electron chi connectivity index (χ2n) is 7.67. The minimum atomic E-state index is -0.136. The molecular formula is C25H31N3O. The summed E-state index contributed by atoms with van der Waals surface area (Å²) >= 11 is 0. The average molecular weight is 390 g/mol. The van der Waals surface area contributed by atoms with Gasteiger partial charge in [0.25, 0.3) is 5.91 Å². The number of hydrogen-bond donors (Lipinski definition) is 2. The molecule has 4 nitrogen and oxygen atoms in total. The van der Waals surface area contributed by atoms with E-state index in [1.807, 2.05) is 43.5 Å². The Labute approximate surface area is 174 Å². The van der Waals surface area contributed by atoms with Crippen molar-refractivity contribution >= 4 is 23.4 Å². The zero-order valence-corrected chi connectivity index (χ0v) is 17.8. The van der Waals surface area contributed by atoms with Crippen LogP contribution in [0.2, 0.25) is 0 Å². The quantitative estimate of drug-likeness (QED) is 0.576. The Morgan fingerprint density at radius 3 is 2.66 bits per heavy atom. The van der Waals surface area contributed by atoms with E-state index in [0.29, 0.717) is 23.7 Å². The predicted octanol–water partition coefficient (Wildman–Crippen LogP) is 5.51. The lowest BCUT2D eigenvalue weighted by Crippen LogP contribution is -2.22. The Kier molecular flexibility index (Phi) is 6.12. The molecule has 0 radical (unpaired) electrons. The fraction of sp³-hybridized carbons (Fsp3) is 0.320. The molecule has 3 rings (SSSR count). The van der Waals surface area contributed by atoms with Crippen molar-refractivity contribution in [3.63, 3.8) is 0 Å². The number of hydrogen-bond acceptors (Lipinski definition) is 3. The molecule has 0 aliphatic carbocycles. The Morgan fingerprint density at radius 1 is 1.28 bits per heavy atom. The highest BCUT2D eigenvalue weighted by molar-refractivity contribution is 6.09. The van der Waals surface area contributed by atoms with Crippen molar-refractivity contribution in [1.29, 1.82) is 0 Å². The Bertz CT molecular complexity index is 922. The van der Waals surface area contributed by atoms with Crippen LogP contribution in [0.5, 0.6) is 0 Å². The minimum absolute atomic E-state index is 0.136. The standard InChI is InChI=1S/C25H31N3O/c1-7-11-18-12-13-22(23(14-18)26-16(5)8-2)27-25(29)21-15-28-17(6)24(28)20(10-4)19(21)9-3/h7,9-17,24,26H,3-4,8H2,1-2,5-6H3,(H,27,29)/b11-7+. The fourth-order valence-electron chi connectivity index (χ4n) is 3.81. The Hall–Kier alpha value is -3.01. The molecule has 2 heterocycles. The first-order chi connectivity index (χ1) is 13.9. The largest absolute Gasteiger partial charge is 0.381 e. The summed E-state index contributed by atoms with van der Waals surface area (Å²) in [6, 6.07) is 7.02. The molecule has 1 saturated heterocycles. The molecule has 0 saturated carbocycles. The van der Waals surface area contributed by atoms with Gasteiger partial charge in [-0.3, -0.25) is 4.79 Å². The predicted molar refractivity (Wildman–Crippen MR) is 124 cm³/mol. The van der Waals surface area contributed by atoms with E-state index in [4.69, 9.17) is 0 Å². The van der Waals surface area contributed by atoms with E-state index in [1.54, 1.807) is 6.08 Å². The van der Waals surface area contributed by atoms with E-state index in [2.05, 4.69) is 55.5 Å². The van der Waals surface area contributed by atoms with E-state index < -0.39 is 0 Å². The van der Waals surface area contributed by atoms with Gasteiger partial charge >= 0.3 is 0 Å². The van der Waals surface area contributed by atoms with Crippen molar-refractivity contribution < 1.29 is 4.79 Å². The molecule has 1 amide bonds. The highest BCUT2D eigenvalue weighted by Gasteiger charge is 2.47. The number of anilines is 2. The van der Waals surface area contributed by atoms with Gasteiger partial charge in [0.05, 0.1) is 29.0 Å². The highest BCUT2D eigenvalue weighted by Crippen LogP contribution is 2.43. The maximum Gasteiger partial charge on any atom is 0.257 e. The molecule has 29 heavy (non-hydrogen) atoms. The van der Waals surface area contributed by atoms with Gasteiger partial charge < -0.3 is 15.5 Å². The van der Waals surface area contributed by atoms with Gasteiger partial charge in [-0.2, -0.15) is 0 Å². The molecule has 2 N–H and O–H groups in total. The van der Waals surface area contributed by atoms with Gasteiger partial charge in [-0.25, -0.2) is 0 Å². The number of carbonyl (C=O) groups is 1. The molecule has 0 spiro atoms. The number of nitrogens with zero attached hydrogens (tertiary/aromatic N) is 1. The second kappa shape index (κ2) is 8.56. The molecule has 1 aromatic carbocycles. The molecule has 2 aliphatic rings. The summed E-state index contributed by atoms with van der Waals surface area (Å²) in [6.45, 7) is 16.3. The number of amides is 1. The first-order valence-electron chi connectivity index (χ1n) is 10.3. The number of benzene rings is 1. The Morgan fingerprint density at radius 2 is 2.03 bits per heavy atom. The molecule has 1 fully saturated rings. The van der Waals surface area contributed by atoms with E-state index >= 15 is 0 Å². The lowest BCUT2D eigenvalue weighted by atomic mass is 9.95. The molecule has 0 aromatic heterocycles. The zero-order chi connectivity index (χ0) is 21.1. The van der Waals surface area contributed by atoms with Crippen molar-refractivity contribution in [2.45, 2.75) is 52.2 Å². The summed E-state index contributed by atoms with van der Waals surface area (Å²) in [5, 5.41) is 6.61. The van der Waals surface area contributed by atoms with Gasteiger partial charge in [0.1, 0.15) is 0 Å². The van der Waals surface area contributed by atoms with Crippen LogP contribution in [0.25, 0.3) is 6.08 Å². The number of nitrogens with one attached hydrogen (secondary N) is 2. The molecule has 2 aliphatic heterocycles. The lowest BCUT2D eigenvalue weighted by molar-refractivity contribution is -0.112. The Balaban J connectivity index is 1.92. The SMILES string of the molecule is C=CC1=C(C=C)C2C(C)N2C=C1C(=O)Nc1ccc(/C=C/C)cc1NC(C)CC. The second-order valence-corrected chi connectivity index (χ2v) is 7.67. The summed E-state index contributed by atoms with van der Waals surface area (Å²) in [5.41, 5.74) is 5.35. The third-order valence-corrected chi connectivity index (χ3v) is 5.69. The third-order valence-electron chi connectivity index (χ3n) is 5.69. The van der Waals surface area contributed by atoms with Crippen LogP contribution in [0.1, 0.15) is 39.7 Å². The van der Waals surface area contributed by atoms with Crippen LogP contribution in [-0.4, -0.2) is 28.9 Å². The van der Waals surface area contributed by atoms with E-state index in [0.717, 1.165) is 34.5 Å². The van der Waals surface area contributed by atoms with Crippen LogP contribution in [-0.2, 0) is 4.79 Å². The highest BCUT2D eigenvalue weighted by atomic mass is 16.1. The average Bonchev–Trinajstić information content (AvgIpc) is 3.37. The van der Waals surface area contributed by atoms with Crippen LogP contribution in [0.15, 0.2) is 72.5 Å². The van der Waals surface area contributed by atoms with E-state index in [9.17, 15) is 4.79 Å². The summed E-state index contributed by atoms with van der Waals surface area (Å²) < 4.78 is 0. The van der Waals surface area contributed by atoms with E-state index in [1.165, 1.54) is 0 Å². The van der Waals surface area contributed by atoms with Crippen molar-refractivity contribution in [1.82, 2.24) is 4.90 Å². The minimum Gasteiger partial charge on any atom is -0.381 e. The van der Waals surface area contributed by atoms with Crippen LogP contribution in [0, 0.1) is 0 Å². The maximum atomic E-state index is 13.2. The number of carbonyl (C=O) groups excluding carboxylic acids is 1. The maximum absolute atomic E-state index is 13.2. The van der Waals surface area contributed by atoms with Gasteiger partial charge in [0.15, 0.2) is 0 Å². The van der Waals surface area contributed by atoms with Gasteiger partial charge in [0.2, 0.25) is 0 Å². The molecule has 3 atom stereocenters. The molecule has 152 valence electrons. The van der Waals surface area contributed by atoms with Crippen LogP contribution < -0.4 is 10.6 Å². The van der Waals surface area contributed by atoms with Crippen molar-refractivity contribution in [2.75, 3.05) is 10.6 Å². The molecule has 0 bridgehead atoms. The van der Waals surface area contributed by atoms with Gasteiger partial charge in [-0.15, -0.1) is 0 Å². The number of allylic oxidation sites excluding steroid dienone is 2. The van der Waals surface area contributed by atoms with Gasteiger partial charge in [0, 0.05) is 12.2 Å². The zero-order valence-electron chi connectivity index (χ0n) is 17.8. The normalized spacial score (nSPS) is 21.4. The molecule has 4 heteroatoms.